The van der Waals surface area contributed by atoms with Gasteiger partial charge in [-0.2, -0.15) is 0 Å². The third-order valence-electron chi connectivity index (χ3n) is 6.91. The van der Waals surface area contributed by atoms with E-state index in [-0.39, 0.29) is 40.1 Å². The molecule has 0 atom stereocenters. The number of nitrogens with one attached hydrogen (secondary N) is 2. The molecule has 0 spiro atoms. The number of oxazole rings is 1. The Morgan fingerprint density at radius 3 is 2.51 bits per heavy atom. The Labute approximate surface area is 238 Å². The Balaban J connectivity index is 1.48. The Bertz CT molecular complexity index is 1710. The lowest BCUT2D eigenvalue weighted by Crippen LogP contribution is -2.37. The lowest BCUT2D eigenvalue weighted by atomic mass is 9.78. The number of hydrogen-bond donors (Lipinski definition) is 2. The highest BCUT2D eigenvalue weighted by Gasteiger charge is 2.34. The molecule has 1 aliphatic carbocycles. The Morgan fingerprint density at radius 2 is 1.85 bits per heavy atom. The molecule has 1 saturated carbocycles. The number of aromatic nitrogens is 3. The van der Waals surface area contributed by atoms with Crippen molar-refractivity contribution < 1.29 is 27.2 Å². The number of ether oxygens (including phenoxy) is 1. The van der Waals surface area contributed by atoms with Gasteiger partial charge in [0.1, 0.15) is 11.9 Å². The summed E-state index contributed by atoms with van der Waals surface area (Å²) >= 11 is 0. The SMILES string of the molecule is CNC(=O)c1coc(-c2cnc3c(ccn3S(=O)(=O)c3ccc(C)cc3)c2NC2CC(CC(=O)OC(C)(C)C)C2)n1. The van der Waals surface area contributed by atoms with E-state index in [1.807, 2.05) is 27.7 Å². The van der Waals surface area contributed by atoms with E-state index in [4.69, 9.17) is 9.15 Å². The normalized spacial score (nSPS) is 17.2. The molecule has 0 radical (unpaired) electrons. The van der Waals surface area contributed by atoms with Gasteiger partial charge in [0.05, 0.1) is 16.1 Å². The van der Waals surface area contributed by atoms with Crippen LogP contribution in [0.5, 0.6) is 0 Å². The van der Waals surface area contributed by atoms with E-state index in [0.717, 1.165) is 22.4 Å². The highest BCUT2D eigenvalue weighted by atomic mass is 32.2. The summed E-state index contributed by atoms with van der Waals surface area (Å²) in [6, 6.07) is 8.31. The molecule has 1 aromatic carbocycles. The van der Waals surface area contributed by atoms with Gasteiger partial charge in [0.15, 0.2) is 11.3 Å². The Morgan fingerprint density at radius 1 is 1.15 bits per heavy atom. The molecule has 11 nitrogen and oxygen atoms in total. The van der Waals surface area contributed by atoms with Crippen molar-refractivity contribution >= 4 is 38.6 Å². The van der Waals surface area contributed by atoms with Crippen molar-refractivity contribution in [1.82, 2.24) is 19.3 Å². The molecular weight excluding hydrogens is 546 g/mol. The quantitative estimate of drug-likeness (QED) is 0.288. The van der Waals surface area contributed by atoms with E-state index in [2.05, 4.69) is 20.6 Å². The van der Waals surface area contributed by atoms with E-state index in [1.165, 1.54) is 25.7 Å². The second-order valence-corrected chi connectivity index (χ2v) is 13.1. The zero-order valence-corrected chi connectivity index (χ0v) is 24.4. The molecule has 1 aliphatic rings. The third kappa shape index (κ3) is 5.83. The fourth-order valence-corrected chi connectivity index (χ4v) is 6.17. The van der Waals surface area contributed by atoms with Gasteiger partial charge in [-0.15, -0.1) is 0 Å². The summed E-state index contributed by atoms with van der Waals surface area (Å²) in [5.74, 6) is -0.300. The molecule has 5 rings (SSSR count). The number of benzene rings is 1. The van der Waals surface area contributed by atoms with Gasteiger partial charge < -0.3 is 19.8 Å². The van der Waals surface area contributed by atoms with E-state index >= 15 is 0 Å². The van der Waals surface area contributed by atoms with Crippen LogP contribution in [0.2, 0.25) is 0 Å². The lowest BCUT2D eigenvalue weighted by molar-refractivity contribution is -0.156. The topological polar surface area (TPSA) is 145 Å². The molecule has 41 heavy (non-hydrogen) atoms. The maximum atomic E-state index is 13.5. The summed E-state index contributed by atoms with van der Waals surface area (Å²) < 4.78 is 39.3. The standard InChI is InChI=1S/C29H33N5O6S/c1-17-6-8-20(9-7-17)41(37,38)34-11-10-21-25(32-19-12-18(13-19)14-24(35)40-29(2,3)4)22(15-31-26(21)34)28-33-23(16-39-28)27(36)30-5/h6-11,15-16,18-19H,12-14H2,1-5H3,(H,30,36)(H,31,32). The van der Waals surface area contributed by atoms with E-state index in [1.54, 1.807) is 30.3 Å². The van der Waals surface area contributed by atoms with Crippen molar-refractivity contribution in [2.45, 2.75) is 63.5 Å². The first-order chi connectivity index (χ1) is 19.4. The number of pyridine rings is 1. The Kier molecular flexibility index (Phi) is 7.37. The summed E-state index contributed by atoms with van der Waals surface area (Å²) in [5, 5.41) is 6.57. The largest absolute Gasteiger partial charge is 0.460 e. The minimum absolute atomic E-state index is 0.0113. The summed E-state index contributed by atoms with van der Waals surface area (Å²) in [4.78, 5) is 33.3. The predicted octanol–water partition coefficient (Wildman–Crippen LogP) is 4.52. The number of aryl methyl sites for hydroxylation is 1. The summed E-state index contributed by atoms with van der Waals surface area (Å²) in [6.45, 7) is 7.42. The van der Waals surface area contributed by atoms with Gasteiger partial charge in [-0.05, 0) is 64.7 Å². The number of carbonyl (C=O) groups is 2. The first-order valence-electron chi connectivity index (χ1n) is 13.3. The van der Waals surface area contributed by atoms with Crippen LogP contribution in [0.4, 0.5) is 5.69 Å². The molecule has 0 saturated heterocycles. The molecule has 0 bridgehead atoms. The lowest BCUT2D eigenvalue weighted by Gasteiger charge is -2.37. The van der Waals surface area contributed by atoms with Crippen LogP contribution >= 0.6 is 0 Å². The summed E-state index contributed by atoms with van der Waals surface area (Å²) in [6.07, 6.45) is 5.99. The first kappa shape index (κ1) is 28.3. The van der Waals surface area contributed by atoms with Crippen LogP contribution in [0.1, 0.15) is 56.1 Å². The van der Waals surface area contributed by atoms with Gasteiger partial charge in [-0.3, -0.25) is 9.59 Å². The first-order valence-corrected chi connectivity index (χ1v) is 14.8. The van der Waals surface area contributed by atoms with Crippen LogP contribution in [0.25, 0.3) is 22.5 Å². The number of hydrogen-bond acceptors (Lipinski definition) is 9. The molecule has 216 valence electrons. The van der Waals surface area contributed by atoms with Crippen LogP contribution < -0.4 is 10.6 Å². The number of nitrogens with zero attached hydrogens (tertiary/aromatic N) is 3. The van der Waals surface area contributed by atoms with E-state index < -0.39 is 21.5 Å². The zero-order valence-electron chi connectivity index (χ0n) is 23.6. The molecule has 3 heterocycles. The second kappa shape index (κ2) is 10.7. The number of rotatable bonds is 8. The van der Waals surface area contributed by atoms with Crippen molar-refractivity contribution in [3.05, 3.63) is 60.2 Å². The second-order valence-electron chi connectivity index (χ2n) is 11.3. The van der Waals surface area contributed by atoms with Crippen LogP contribution in [0, 0.1) is 12.8 Å². The highest BCUT2D eigenvalue weighted by molar-refractivity contribution is 7.90. The van der Waals surface area contributed by atoms with Crippen molar-refractivity contribution in [2.24, 2.45) is 5.92 Å². The minimum Gasteiger partial charge on any atom is -0.460 e. The zero-order chi connectivity index (χ0) is 29.5. The van der Waals surface area contributed by atoms with Gasteiger partial charge in [0.2, 0.25) is 5.89 Å². The van der Waals surface area contributed by atoms with Crippen molar-refractivity contribution in [3.63, 3.8) is 0 Å². The highest BCUT2D eigenvalue weighted by Crippen LogP contribution is 2.40. The van der Waals surface area contributed by atoms with Gasteiger partial charge in [-0.1, -0.05) is 17.7 Å². The van der Waals surface area contributed by atoms with Gasteiger partial charge in [0, 0.05) is 37.3 Å². The van der Waals surface area contributed by atoms with E-state index in [9.17, 15) is 18.0 Å². The number of fused-ring (bicyclic) bond motifs is 1. The van der Waals surface area contributed by atoms with Gasteiger partial charge in [0.25, 0.3) is 15.9 Å². The predicted molar refractivity (Wildman–Crippen MR) is 153 cm³/mol. The van der Waals surface area contributed by atoms with Crippen molar-refractivity contribution in [2.75, 3.05) is 12.4 Å². The maximum absolute atomic E-state index is 13.5. The number of anilines is 1. The smallest absolute Gasteiger partial charge is 0.306 e. The fraction of sp³-hybridized carbons (Fsp3) is 0.379. The molecule has 1 amide bonds. The number of amides is 1. The van der Waals surface area contributed by atoms with Crippen LogP contribution in [0.3, 0.4) is 0 Å². The van der Waals surface area contributed by atoms with Crippen molar-refractivity contribution in [1.29, 1.82) is 0 Å². The maximum Gasteiger partial charge on any atom is 0.306 e. The number of esters is 1. The average molecular weight is 580 g/mol. The Hall–Kier alpha value is -4.19. The molecule has 0 unspecified atom stereocenters. The molecule has 1 fully saturated rings. The summed E-state index contributed by atoms with van der Waals surface area (Å²) in [5.41, 5.74) is 1.82. The van der Waals surface area contributed by atoms with Crippen molar-refractivity contribution in [3.8, 4) is 11.5 Å². The number of carbonyl (C=O) groups excluding carboxylic acids is 2. The summed E-state index contributed by atoms with van der Waals surface area (Å²) in [7, 11) is -2.42. The molecular formula is C29H33N5O6S. The van der Waals surface area contributed by atoms with Crippen LogP contribution in [-0.4, -0.2) is 52.9 Å². The minimum atomic E-state index is -3.92. The molecule has 12 heteroatoms. The molecule has 2 N–H and O–H groups in total. The van der Waals surface area contributed by atoms with Gasteiger partial charge >= 0.3 is 5.97 Å². The fourth-order valence-electron chi connectivity index (χ4n) is 4.87. The third-order valence-corrected chi connectivity index (χ3v) is 8.59. The van der Waals surface area contributed by atoms with Crippen LogP contribution in [-0.2, 0) is 19.6 Å². The monoisotopic (exact) mass is 579 g/mol. The van der Waals surface area contributed by atoms with E-state index in [0.29, 0.717) is 23.1 Å². The molecule has 3 aromatic heterocycles. The average Bonchev–Trinajstić information content (AvgIpc) is 3.54. The van der Waals surface area contributed by atoms with Crippen LogP contribution in [0.15, 0.2) is 58.3 Å². The molecule has 4 aromatic rings. The van der Waals surface area contributed by atoms with Gasteiger partial charge in [-0.25, -0.2) is 22.4 Å². The molecule has 0 aliphatic heterocycles.